The van der Waals surface area contributed by atoms with E-state index < -0.39 is 17.8 Å². The van der Waals surface area contributed by atoms with Gasteiger partial charge in [0.15, 0.2) is 28.5 Å². The number of rotatable bonds is 4. The third-order valence-corrected chi connectivity index (χ3v) is 7.24. The fourth-order valence-corrected chi connectivity index (χ4v) is 4.90. The topological polar surface area (TPSA) is 72.2 Å². The Balaban J connectivity index is 1.21. The van der Waals surface area contributed by atoms with Gasteiger partial charge in [-0.15, -0.1) is 0 Å². The second-order valence-corrected chi connectivity index (χ2v) is 9.88. The highest BCUT2D eigenvalue weighted by Gasteiger charge is 2.36. The summed E-state index contributed by atoms with van der Waals surface area (Å²) in [6.07, 6.45) is -4.68. The predicted molar refractivity (Wildman–Crippen MR) is 137 cm³/mol. The van der Waals surface area contributed by atoms with E-state index in [-0.39, 0.29) is 23.8 Å². The van der Waals surface area contributed by atoms with Gasteiger partial charge in [0.2, 0.25) is 6.79 Å². The van der Waals surface area contributed by atoms with Gasteiger partial charge in [-0.2, -0.15) is 18.3 Å². The van der Waals surface area contributed by atoms with Crippen molar-refractivity contribution in [2.45, 2.75) is 26.6 Å². The molecule has 0 radical (unpaired) electrons. The lowest BCUT2D eigenvalue weighted by Gasteiger charge is -2.34. The highest BCUT2D eigenvalue weighted by molar-refractivity contribution is 5.93. The van der Waals surface area contributed by atoms with Crippen molar-refractivity contribution in [3.05, 3.63) is 76.6 Å². The van der Waals surface area contributed by atoms with Crippen molar-refractivity contribution in [1.29, 1.82) is 0 Å². The number of piperazine rings is 1. The van der Waals surface area contributed by atoms with Crippen LogP contribution in [0.25, 0.3) is 16.9 Å². The molecule has 39 heavy (non-hydrogen) atoms. The first-order valence-electron chi connectivity index (χ1n) is 12.6. The van der Waals surface area contributed by atoms with Gasteiger partial charge in [-0.25, -0.2) is 9.50 Å². The first-order valence-corrected chi connectivity index (χ1v) is 12.6. The van der Waals surface area contributed by atoms with Crippen LogP contribution >= 0.6 is 0 Å². The van der Waals surface area contributed by atoms with Crippen molar-refractivity contribution in [2.24, 2.45) is 0 Å². The van der Waals surface area contributed by atoms with Gasteiger partial charge in [-0.3, -0.25) is 9.69 Å². The van der Waals surface area contributed by atoms with Crippen molar-refractivity contribution in [1.82, 2.24) is 24.4 Å². The average Bonchev–Trinajstić information content (AvgIpc) is 3.56. The maximum absolute atomic E-state index is 14.0. The zero-order valence-corrected chi connectivity index (χ0v) is 21.5. The number of benzene rings is 2. The van der Waals surface area contributed by atoms with Crippen LogP contribution in [0.15, 0.2) is 48.5 Å². The van der Waals surface area contributed by atoms with Gasteiger partial charge in [0, 0.05) is 44.4 Å². The highest BCUT2D eigenvalue weighted by atomic mass is 19.4. The smallest absolute Gasteiger partial charge is 0.433 e. The summed E-state index contributed by atoms with van der Waals surface area (Å²) in [5.41, 5.74) is 2.73. The van der Waals surface area contributed by atoms with Crippen molar-refractivity contribution < 1.29 is 27.4 Å². The lowest BCUT2D eigenvalue weighted by atomic mass is 10.0. The lowest BCUT2D eigenvalue weighted by molar-refractivity contribution is -0.142. The second kappa shape index (κ2) is 9.57. The first kappa shape index (κ1) is 25.2. The average molecular weight is 538 g/mol. The molecule has 0 unspecified atom stereocenters. The number of carbonyl (C=O) groups excluding carboxylic acids is 1. The molecule has 4 heterocycles. The quantitative estimate of drug-likeness (QED) is 0.375. The molecule has 0 N–H and O–H groups in total. The Bertz CT molecular complexity index is 1570. The molecule has 1 fully saturated rings. The Morgan fingerprint density at radius 3 is 2.44 bits per heavy atom. The van der Waals surface area contributed by atoms with E-state index in [0.717, 1.165) is 34.3 Å². The third kappa shape index (κ3) is 4.89. The first-order chi connectivity index (χ1) is 18.7. The van der Waals surface area contributed by atoms with E-state index in [1.54, 1.807) is 17.0 Å². The number of amides is 1. The lowest BCUT2D eigenvalue weighted by Crippen LogP contribution is -2.48. The van der Waals surface area contributed by atoms with Crippen LogP contribution in [0.4, 0.5) is 13.2 Å². The fourth-order valence-electron chi connectivity index (χ4n) is 4.90. The molecule has 2 aliphatic heterocycles. The number of aryl methyl sites for hydroxylation is 2. The largest absolute Gasteiger partial charge is 0.454 e. The molecule has 0 saturated carbocycles. The van der Waals surface area contributed by atoms with E-state index in [9.17, 15) is 18.0 Å². The summed E-state index contributed by atoms with van der Waals surface area (Å²) in [6.45, 7) is 6.85. The van der Waals surface area contributed by atoms with Gasteiger partial charge in [0.05, 0.1) is 5.69 Å². The molecule has 4 aromatic rings. The van der Waals surface area contributed by atoms with Crippen LogP contribution in [-0.2, 0) is 12.7 Å². The SMILES string of the molecule is Cc1ccc(-c2cc(C(F)(F)F)n3nc(C(=O)N4CCN(Cc5ccc6c(c5)OCO6)CC4)cc3n2)cc1C. The number of carbonyl (C=O) groups is 1. The van der Waals surface area contributed by atoms with Crippen molar-refractivity contribution in [2.75, 3.05) is 33.0 Å². The van der Waals surface area contributed by atoms with E-state index in [4.69, 9.17) is 9.47 Å². The molecular formula is C28H26F3N5O3. The summed E-state index contributed by atoms with van der Waals surface area (Å²) in [5.74, 6) is 1.04. The van der Waals surface area contributed by atoms with E-state index >= 15 is 0 Å². The van der Waals surface area contributed by atoms with E-state index in [1.807, 2.05) is 38.1 Å². The molecule has 2 aliphatic rings. The zero-order chi connectivity index (χ0) is 27.3. The molecule has 0 spiro atoms. The van der Waals surface area contributed by atoms with Crippen LogP contribution < -0.4 is 9.47 Å². The number of aromatic nitrogens is 3. The minimum absolute atomic E-state index is 0.0251. The minimum atomic E-state index is -4.68. The molecule has 0 aliphatic carbocycles. The van der Waals surface area contributed by atoms with Crippen LogP contribution in [0.3, 0.4) is 0 Å². The highest BCUT2D eigenvalue weighted by Crippen LogP contribution is 2.34. The molecule has 0 atom stereocenters. The molecule has 2 aromatic heterocycles. The Labute approximate surface area is 222 Å². The summed E-state index contributed by atoms with van der Waals surface area (Å²) in [7, 11) is 0. The Morgan fingerprint density at radius 1 is 0.923 bits per heavy atom. The summed E-state index contributed by atoms with van der Waals surface area (Å²) >= 11 is 0. The number of hydrogen-bond acceptors (Lipinski definition) is 6. The predicted octanol–water partition coefficient (Wildman–Crippen LogP) is 4.72. The normalized spacial score (nSPS) is 15.8. The number of hydrogen-bond donors (Lipinski definition) is 0. The molecule has 1 amide bonds. The monoisotopic (exact) mass is 537 g/mol. The van der Waals surface area contributed by atoms with Crippen LogP contribution in [0.5, 0.6) is 11.5 Å². The summed E-state index contributed by atoms with van der Waals surface area (Å²) < 4.78 is 53.6. The minimum Gasteiger partial charge on any atom is -0.454 e. The Hall–Kier alpha value is -4.12. The molecule has 1 saturated heterocycles. The maximum Gasteiger partial charge on any atom is 0.433 e. The van der Waals surface area contributed by atoms with Gasteiger partial charge in [0.1, 0.15) is 0 Å². The number of ether oxygens (including phenoxy) is 2. The second-order valence-electron chi connectivity index (χ2n) is 9.88. The van der Waals surface area contributed by atoms with E-state index in [1.165, 1.54) is 6.07 Å². The van der Waals surface area contributed by atoms with Gasteiger partial charge in [0.25, 0.3) is 5.91 Å². The van der Waals surface area contributed by atoms with Gasteiger partial charge < -0.3 is 14.4 Å². The fraction of sp³-hybridized carbons (Fsp3) is 0.321. The van der Waals surface area contributed by atoms with Crippen LogP contribution in [0.1, 0.15) is 32.9 Å². The standard InChI is InChI=1S/C28H26F3N5O3/c1-17-3-5-20(11-18(17)2)21-13-25(28(29,30)31)36-26(32-21)14-22(33-36)27(37)35-9-7-34(8-10-35)15-19-4-6-23-24(12-19)39-16-38-23/h3-6,11-14H,7-10,15-16H2,1-2H3. The molecule has 6 rings (SSSR count). The van der Waals surface area contributed by atoms with Gasteiger partial charge in [-0.1, -0.05) is 18.2 Å². The molecule has 2 aromatic carbocycles. The maximum atomic E-state index is 14.0. The van der Waals surface area contributed by atoms with E-state index in [2.05, 4.69) is 15.0 Å². The van der Waals surface area contributed by atoms with Crippen LogP contribution in [0, 0.1) is 13.8 Å². The molecule has 11 heteroatoms. The van der Waals surface area contributed by atoms with Crippen LogP contribution in [0.2, 0.25) is 0 Å². The Kier molecular flexibility index (Phi) is 6.17. The Morgan fingerprint density at radius 2 is 1.69 bits per heavy atom. The number of fused-ring (bicyclic) bond motifs is 2. The molecular weight excluding hydrogens is 511 g/mol. The summed E-state index contributed by atoms with van der Waals surface area (Å²) in [5, 5.41) is 4.04. The molecule has 202 valence electrons. The van der Waals surface area contributed by atoms with E-state index in [0.29, 0.717) is 42.8 Å². The third-order valence-electron chi connectivity index (χ3n) is 7.24. The zero-order valence-electron chi connectivity index (χ0n) is 21.5. The summed E-state index contributed by atoms with van der Waals surface area (Å²) in [6, 6.07) is 13.5. The molecule has 8 nitrogen and oxygen atoms in total. The van der Waals surface area contributed by atoms with Crippen molar-refractivity contribution >= 4 is 11.6 Å². The number of halogens is 3. The number of nitrogens with zero attached hydrogens (tertiary/aromatic N) is 5. The van der Waals surface area contributed by atoms with Crippen LogP contribution in [-0.4, -0.2) is 63.3 Å². The van der Waals surface area contributed by atoms with Gasteiger partial charge in [-0.05, 0) is 54.8 Å². The van der Waals surface area contributed by atoms with Crippen molar-refractivity contribution in [3.63, 3.8) is 0 Å². The number of alkyl halides is 3. The van der Waals surface area contributed by atoms with Gasteiger partial charge >= 0.3 is 6.18 Å². The van der Waals surface area contributed by atoms with Crippen molar-refractivity contribution in [3.8, 4) is 22.8 Å². The summed E-state index contributed by atoms with van der Waals surface area (Å²) in [4.78, 5) is 21.5. The molecule has 0 bridgehead atoms.